The van der Waals surface area contributed by atoms with Crippen LogP contribution in [0.15, 0.2) is 16.6 Å². The van der Waals surface area contributed by atoms with Crippen LogP contribution in [-0.2, 0) is 0 Å². The Morgan fingerprint density at radius 3 is 2.33 bits per heavy atom. The summed E-state index contributed by atoms with van der Waals surface area (Å²) in [4.78, 5) is 10.5. The number of aromatic carboxylic acids is 1. The van der Waals surface area contributed by atoms with Gasteiger partial charge >= 0.3 is 5.97 Å². The van der Waals surface area contributed by atoms with E-state index in [-0.39, 0.29) is 4.47 Å². The molecule has 0 aliphatic heterocycles. The molecule has 0 saturated heterocycles. The summed E-state index contributed by atoms with van der Waals surface area (Å²) in [6, 6.07) is 2.55. The maximum absolute atomic E-state index is 10.5. The Kier molecular flexibility index (Phi) is 2.23. The first kappa shape index (κ1) is 8.86. The molecular formula is C7H5BrO4. The SMILES string of the molecule is O=C(O)c1c(O)ccc(Br)c1O. The van der Waals surface area contributed by atoms with Gasteiger partial charge in [0.05, 0.1) is 4.47 Å². The molecular weight excluding hydrogens is 228 g/mol. The molecule has 0 aliphatic carbocycles. The van der Waals surface area contributed by atoms with Crippen molar-refractivity contribution in [2.24, 2.45) is 0 Å². The number of phenols is 2. The summed E-state index contributed by atoms with van der Waals surface area (Å²) in [6.45, 7) is 0. The van der Waals surface area contributed by atoms with Crippen LogP contribution >= 0.6 is 15.9 Å². The number of carboxylic acids is 1. The van der Waals surface area contributed by atoms with E-state index < -0.39 is 23.0 Å². The zero-order valence-electron chi connectivity index (χ0n) is 5.78. The monoisotopic (exact) mass is 232 g/mol. The molecule has 1 aromatic rings. The lowest BCUT2D eigenvalue weighted by molar-refractivity contribution is 0.0690. The molecule has 0 saturated carbocycles. The zero-order chi connectivity index (χ0) is 9.30. The largest absolute Gasteiger partial charge is 0.507 e. The Morgan fingerprint density at radius 2 is 1.92 bits per heavy atom. The predicted octanol–water partition coefficient (Wildman–Crippen LogP) is 1.56. The van der Waals surface area contributed by atoms with Crippen LogP contribution in [-0.4, -0.2) is 21.3 Å². The van der Waals surface area contributed by atoms with Gasteiger partial charge in [-0.15, -0.1) is 0 Å². The zero-order valence-corrected chi connectivity index (χ0v) is 7.37. The van der Waals surface area contributed by atoms with Crippen LogP contribution in [0.1, 0.15) is 10.4 Å². The highest BCUT2D eigenvalue weighted by Crippen LogP contribution is 2.33. The van der Waals surface area contributed by atoms with Gasteiger partial charge in [-0.2, -0.15) is 0 Å². The van der Waals surface area contributed by atoms with Crippen molar-refractivity contribution in [2.45, 2.75) is 0 Å². The molecule has 3 N–H and O–H groups in total. The lowest BCUT2D eigenvalue weighted by Crippen LogP contribution is -1.97. The maximum Gasteiger partial charge on any atom is 0.343 e. The fourth-order valence-corrected chi connectivity index (χ4v) is 1.10. The first-order valence-electron chi connectivity index (χ1n) is 2.97. The molecule has 0 amide bonds. The average Bonchev–Trinajstić information content (AvgIpc) is 1.97. The first-order valence-corrected chi connectivity index (χ1v) is 3.77. The van der Waals surface area contributed by atoms with Crippen molar-refractivity contribution in [3.05, 3.63) is 22.2 Å². The second kappa shape index (κ2) is 3.02. The fourth-order valence-electron chi connectivity index (χ4n) is 0.766. The number of carbonyl (C=O) groups is 1. The smallest absolute Gasteiger partial charge is 0.343 e. The molecule has 64 valence electrons. The van der Waals surface area contributed by atoms with Gasteiger partial charge in [0, 0.05) is 0 Å². The summed E-state index contributed by atoms with van der Waals surface area (Å²) in [5.41, 5.74) is -0.496. The standard InChI is InChI=1S/C7H5BrO4/c8-3-1-2-4(9)5(6(3)10)7(11)12/h1-2,9-10H,(H,11,12). The van der Waals surface area contributed by atoms with Crippen LogP contribution < -0.4 is 0 Å². The number of carboxylic acid groups (broad SMARTS) is 1. The molecule has 0 aromatic heterocycles. The molecule has 0 atom stereocenters. The van der Waals surface area contributed by atoms with Crippen LogP contribution in [0.2, 0.25) is 0 Å². The van der Waals surface area contributed by atoms with E-state index in [4.69, 9.17) is 15.3 Å². The molecule has 0 fully saturated rings. The molecule has 0 spiro atoms. The van der Waals surface area contributed by atoms with Gasteiger partial charge in [-0.1, -0.05) is 0 Å². The van der Waals surface area contributed by atoms with E-state index in [0.717, 1.165) is 0 Å². The highest BCUT2D eigenvalue weighted by Gasteiger charge is 2.16. The Balaban J connectivity index is 3.43. The number of aromatic hydroxyl groups is 2. The molecule has 0 unspecified atom stereocenters. The van der Waals surface area contributed by atoms with Crippen molar-refractivity contribution < 1.29 is 20.1 Å². The number of hydrogen-bond donors (Lipinski definition) is 3. The molecule has 5 heteroatoms. The predicted molar refractivity (Wildman–Crippen MR) is 44.4 cm³/mol. The second-order valence-corrected chi connectivity index (χ2v) is 2.95. The number of benzene rings is 1. The Morgan fingerprint density at radius 1 is 1.33 bits per heavy atom. The van der Waals surface area contributed by atoms with E-state index in [0.29, 0.717) is 0 Å². The van der Waals surface area contributed by atoms with Gasteiger partial charge in [0.1, 0.15) is 17.1 Å². The number of halogens is 1. The van der Waals surface area contributed by atoms with E-state index in [1.165, 1.54) is 12.1 Å². The minimum Gasteiger partial charge on any atom is -0.507 e. The topological polar surface area (TPSA) is 77.8 Å². The van der Waals surface area contributed by atoms with Gasteiger partial charge in [-0.05, 0) is 28.1 Å². The summed E-state index contributed by atoms with van der Waals surface area (Å²) in [7, 11) is 0. The summed E-state index contributed by atoms with van der Waals surface area (Å²) in [5, 5.41) is 26.7. The van der Waals surface area contributed by atoms with Gasteiger partial charge in [0.15, 0.2) is 0 Å². The van der Waals surface area contributed by atoms with E-state index in [2.05, 4.69) is 15.9 Å². The third-order valence-electron chi connectivity index (χ3n) is 1.32. The minimum absolute atomic E-state index is 0.234. The lowest BCUT2D eigenvalue weighted by Gasteiger charge is -2.03. The average molecular weight is 233 g/mol. The molecule has 1 rings (SSSR count). The van der Waals surface area contributed by atoms with Gasteiger partial charge in [0.2, 0.25) is 0 Å². The highest BCUT2D eigenvalue weighted by atomic mass is 79.9. The van der Waals surface area contributed by atoms with Gasteiger partial charge in [0.25, 0.3) is 0 Å². The molecule has 12 heavy (non-hydrogen) atoms. The fraction of sp³-hybridized carbons (Fsp3) is 0. The van der Waals surface area contributed by atoms with Crippen molar-refractivity contribution in [3.63, 3.8) is 0 Å². The van der Waals surface area contributed by atoms with Gasteiger partial charge in [-0.25, -0.2) is 4.79 Å². The Hall–Kier alpha value is -1.23. The van der Waals surface area contributed by atoms with Gasteiger partial charge in [-0.3, -0.25) is 0 Å². The van der Waals surface area contributed by atoms with Crippen molar-refractivity contribution in [1.82, 2.24) is 0 Å². The van der Waals surface area contributed by atoms with E-state index in [1.807, 2.05) is 0 Å². The molecule has 0 radical (unpaired) electrons. The van der Waals surface area contributed by atoms with Crippen molar-refractivity contribution in [3.8, 4) is 11.5 Å². The molecule has 0 bridgehead atoms. The van der Waals surface area contributed by atoms with Crippen molar-refractivity contribution >= 4 is 21.9 Å². The third kappa shape index (κ3) is 1.35. The number of hydrogen-bond acceptors (Lipinski definition) is 3. The highest BCUT2D eigenvalue weighted by molar-refractivity contribution is 9.10. The minimum atomic E-state index is -1.37. The summed E-state index contributed by atoms with van der Waals surface area (Å²) >= 11 is 2.92. The van der Waals surface area contributed by atoms with Crippen LogP contribution in [0.5, 0.6) is 11.5 Å². The summed E-state index contributed by atoms with van der Waals surface area (Å²) in [6.07, 6.45) is 0. The maximum atomic E-state index is 10.5. The summed E-state index contributed by atoms with van der Waals surface area (Å²) in [5.74, 6) is -2.29. The first-order chi connectivity index (χ1) is 5.54. The quantitative estimate of drug-likeness (QED) is 0.687. The van der Waals surface area contributed by atoms with Crippen LogP contribution in [0, 0.1) is 0 Å². The normalized spacial score (nSPS) is 9.75. The molecule has 0 aliphatic rings. The van der Waals surface area contributed by atoms with Crippen molar-refractivity contribution in [1.29, 1.82) is 0 Å². The Bertz CT molecular complexity index is 334. The Labute approximate surface area is 76.2 Å². The molecule has 1 aromatic carbocycles. The molecule has 0 heterocycles. The lowest BCUT2D eigenvalue weighted by atomic mass is 10.2. The summed E-state index contributed by atoms with van der Waals surface area (Å²) < 4.78 is 0.234. The molecule has 4 nitrogen and oxygen atoms in total. The van der Waals surface area contributed by atoms with Crippen LogP contribution in [0.4, 0.5) is 0 Å². The van der Waals surface area contributed by atoms with E-state index >= 15 is 0 Å². The van der Waals surface area contributed by atoms with Crippen molar-refractivity contribution in [2.75, 3.05) is 0 Å². The number of rotatable bonds is 1. The van der Waals surface area contributed by atoms with E-state index in [9.17, 15) is 4.79 Å². The van der Waals surface area contributed by atoms with Crippen LogP contribution in [0.25, 0.3) is 0 Å². The van der Waals surface area contributed by atoms with Gasteiger partial charge < -0.3 is 15.3 Å². The second-order valence-electron chi connectivity index (χ2n) is 2.10. The third-order valence-corrected chi connectivity index (χ3v) is 1.96. The van der Waals surface area contributed by atoms with Crippen LogP contribution in [0.3, 0.4) is 0 Å². The van der Waals surface area contributed by atoms with E-state index in [1.54, 1.807) is 0 Å².